The van der Waals surface area contributed by atoms with Gasteiger partial charge in [-0.05, 0) is 52.7 Å². The molecule has 0 saturated carbocycles. The average molecular weight is 359 g/mol. The van der Waals surface area contributed by atoms with Crippen molar-refractivity contribution >= 4 is 55.6 Å². The summed E-state index contributed by atoms with van der Waals surface area (Å²) in [5.41, 5.74) is 5.22. The first-order valence-electron chi connectivity index (χ1n) is 7.92. The Morgan fingerprint density at radius 1 is 0.920 bits per heavy atom. The van der Waals surface area contributed by atoms with E-state index < -0.39 is 0 Å². The molecule has 0 amide bonds. The Kier molecular flexibility index (Phi) is 3.47. The number of aromatic amines is 1. The number of fused-ring (bicyclic) bond motifs is 2. The molecule has 0 aliphatic rings. The molecule has 0 aliphatic carbocycles. The van der Waals surface area contributed by atoms with Gasteiger partial charge in [-0.25, -0.2) is 9.97 Å². The van der Waals surface area contributed by atoms with E-state index in [1.807, 2.05) is 36.4 Å². The van der Waals surface area contributed by atoms with Gasteiger partial charge < -0.3 is 4.98 Å². The highest BCUT2D eigenvalue weighted by molar-refractivity contribution is 7.19. The average Bonchev–Trinajstić information content (AvgIpc) is 3.37. The van der Waals surface area contributed by atoms with Gasteiger partial charge in [-0.2, -0.15) is 11.3 Å². The number of para-hydroxylation sites is 3. The highest BCUT2D eigenvalue weighted by Crippen LogP contribution is 2.32. The van der Waals surface area contributed by atoms with Crippen LogP contribution in [-0.4, -0.2) is 15.0 Å². The fraction of sp³-hybridized carbons (Fsp3) is 0. The van der Waals surface area contributed by atoms with Gasteiger partial charge in [0.1, 0.15) is 10.8 Å². The summed E-state index contributed by atoms with van der Waals surface area (Å²) in [6.07, 6.45) is 2.16. The lowest BCUT2D eigenvalue weighted by Gasteiger charge is -2.00. The van der Waals surface area contributed by atoms with Gasteiger partial charge in [0.05, 0.1) is 26.8 Å². The largest absolute Gasteiger partial charge is 0.338 e. The van der Waals surface area contributed by atoms with Crippen LogP contribution in [0.2, 0.25) is 0 Å². The molecule has 25 heavy (non-hydrogen) atoms. The fourth-order valence-electron chi connectivity index (χ4n) is 2.82. The van der Waals surface area contributed by atoms with Gasteiger partial charge in [-0.15, -0.1) is 11.3 Å². The lowest BCUT2D eigenvalue weighted by molar-refractivity contribution is 1.25. The van der Waals surface area contributed by atoms with Crippen LogP contribution in [0.1, 0.15) is 16.4 Å². The van der Waals surface area contributed by atoms with E-state index in [4.69, 9.17) is 9.97 Å². The highest BCUT2D eigenvalue weighted by atomic mass is 32.1. The van der Waals surface area contributed by atoms with Crippen molar-refractivity contribution in [3.63, 3.8) is 0 Å². The molecule has 120 valence electrons. The number of nitrogens with zero attached hydrogens (tertiary/aromatic N) is 2. The minimum absolute atomic E-state index is 0.853. The zero-order valence-electron chi connectivity index (χ0n) is 13.1. The predicted molar refractivity (Wildman–Crippen MR) is 107 cm³/mol. The van der Waals surface area contributed by atoms with Crippen molar-refractivity contribution in [2.75, 3.05) is 0 Å². The van der Waals surface area contributed by atoms with Crippen LogP contribution in [0.25, 0.3) is 32.9 Å². The summed E-state index contributed by atoms with van der Waals surface area (Å²) in [6, 6.07) is 18.4. The van der Waals surface area contributed by atoms with Gasteiger partial charge in [-0.1, -0.05) is 24.3 Å². The Labute approximate surface area is 152 Å². The van der Waals surface area contributed by atoms with Crippen LogP contribution in [0, 0.1) is 0 Å². The number of imidazole rings is 1. The van der Waals surface area contributed by atoms with E-state index in [1.165, 1.54) is 10.3 Å². The lowest BCUT2D eigenvalue weighted by atomic mass is 10.2. The summed E-state index contributed by atoms with van der Waals surface area (Å²) in [7, 11) is 0. The first-order valence-corrected chi connectivity index (χ1v) is 9.68. The Balaban J connectivity index is 1.73. The topological polar surface area (TPSA) is 41.6 Å². The smallest absolute Gasteiger partial charge is 0.141 e. The molecule has 2 aromatic carbocycles. The third-order valence-electron chi connectivity index (χ3n) is 4.02. The Morgan fingerprint density at radius 3 is 2.56 bits per heavy atom. The zero-order chi connectivity index (χ0) is 16.6. The molecule has 5 heteroatoms. The van der Waals surface area contributed by atoms with Crippen molar-refractivity contribution in [3.8, 4) is 0 Å². The lowest BCUT2D eigenvalue weighted by Crippen LogP contribution is -1.90. The number of H-pyrrole nitrogens is 1. The van der Waals surface area contributed by atoms with Crippen molar-refractivity contribution in [2.45, 2.75) is 0 Å². The third-order valence-corrected chi connectivity index (χ3v) is 5.79. The minimum atomic E-state index is 0.853. The summed E-state index contributed by atoms with van der Waals surface area (Å²) in [5, 5.41) is 5.20. The quantitative estimate of drug-likeness (QED) is 0.441. The van der Waals surface area contributed by atoms with Crippen molar-refractivity contribution in [3.05, 3.63) is 81.8 Å². The molecule has 0 saturated heterocycles. The van der Waals surface area contributed by atoms with Crippen LogP contribution in [0.15, 0.2) is 65.4 Å². The van der Waals surface area contributed by atoms with Crippen LogP contribution >= 0.6 is 22.7 Å². The molecule has 5 rings (SSSR count). The first kappa shape index (κ1) is 14.6. The summed E-state index contributed by atoms with van der Waals surface area (Å²) in [4.78, 5) is 13.1. The molecule has 5 aromatic rings. The number of benzene rings is 2. The normalized spacial score (nSPS) is 12.2. The van der Waals surface area contributed by atoms with E-state index in [2.05, 4.69) is 40.0 Å². The van der Waals surface area contributed by atoms with Gasteiger partial charge in [0.15, 0.2) is 0 Å². The molecule has 1 N–H and O–H groups in total. The minimum Gasteiger partial charge on any atom is -0.338 e. The molecule has 0 spiro atoms. The van der Waals surface area contributed by atoms with E-state index in [0.717, 1.165) is 33.0 Å². The van der Waals surface area contributed by atoms with Crippen molar-refractivity contribution in [1.29, 1.82) is 0 Å². The van der Waals surface area contributed by atoms with Crippen LogP contribution in [0.4, 0.5) is 0 Å². The maximum atomic E-state index is 4.83. The highest BCUT2D eigenvalue weighted by Gasteiger charge is 2.15. The van der Waals surface area contributed by atoms with Gasteiger partial charge >= 0.3 is 0 Å². The monoisotopic (exact) mass is 359 g/mol. The van der Waals surface area contributed by atoms with E-state index in [9.17, 15) is 0 Å². The Morgan fingerprint density at radius 2 is 1.76 bits per heavy atom. The van der Waals surface area contributed by atoms with Crippen molar-refractivity contribution in [1.82, 2.24) is 15.0 Å². The van der Waals surface area contributed by atoms with Crippen molar-refractivity contribution < 1.29 is 0 Å². The molecule has 3 heterocycles. The molecule has 0 unspecified atom stereocenters. The predicted octanol–water partition coefficient (Wildman–Crippen LogP) is 5.82. The van der Waals surface area contributed by atoms with Gasteiger partial charge in [0.25, 0.3) is 0 Å². The Hall–Kier alpha value is -2.76. The molecule has 0 radical (unpaired) electrons. The number of aromatic nitrogens is 3. The molecule has 3 aromatic heterocycles. The van der Waals surface area contributed by atoms with Crippen molar-refractivity contribution in [2.24, 2.45) is 0 Å². The maximum Gasteiger partial charge on any atom is 0.141 e. The van der Waals surface area contributed by atoms with E-state index in [1.54, 1.807) is 22.7 Å². The number of rotatable bonds is 3. The summed E-state index contributed by atoms with van der Waals surface area (Å²) < 4.78 is 1.19. The zero-order valence-corrected chi connectivity index (χ0v) is 14.8. The standard InChI is InChI=1S/C20H13N3S2/c1-2-6-16-15(5-1)21-19(22-16)14(11-13-9-10-24-12-13)20-23-17-7-3-4-8-18(17)25-20/h1-12H,(H,21,22)/b14-11+. The second-order valence-corrected chi connectivity index (χ2v) is 7.51. The number of thiazole rings is 1. The molecular weight excluding hydrogens is 346 g/mol. The second-order valence-electron chi connectivity index (χ2n) is 5.70. The van der Waals surface area contributed by atoms with E-state index >= 15 is 0 Å². The maximum absolute atomic E-state index is 4.83. The molecule has 0 aliphatic heterocycles. The first-order chi connectivity index (χ1) is 12.4. The summed E-state index contributed by atoms with van der Waals surface area (Å²) in [6.45, 7) is 0. The number of thiophene rings is 1. The third kappa shape index (κ3) is 2.67. The molecular formula is C20H13N3S2. The molecule has 0 bridgehead atoms. The van der Waals surface area contributed by atoms with Crippen LogP contribution < -0.4 is 0 Å². The van der Waals surface area contributed by atoms with E-state index in [0.29, 0.717) is 0 Å². The van der Waals surface area contributed by atoms with Gasteiger partial charge in [0.2, 0.25) is 0 Å². The molecule has 0 fully saturated rings. The Bertz CT molecular complexity index is 1050. The molecule has 3 nitrogen and oxygen atoms in total. The van der Waals surface area contributed by atoms with Gasteiger partial charge in [-0.3, -0.25) is 0 Å². The number of nitrogens with one attached hydrogen (secondary N) is 1. The summed E-state index contributed by atoms with van der Waals surface area (Å²) >= 11 is 3.39. The van der Waals surface area contributed by atoms with Crippen LogP contribution in [-0.2, 0) is 0 Å². The fourth-order valence-corrected chi connectivity index (χ4v) is 4.42. The SMILES string of the molecule is C(=C(/c1nc2ccccc2[nH]1)c1nc2ccccc2s1)/c1ccsc1. The molecule has 0 atom stereocenters. The van der Waals surface area contributed by atoms with Gasteiger partial charge in [0, 0.05) is 0 Å². The number of hydrogen-bond donors (Lipinski definition) is 1. The summed E-state index contributed by atoms with van der Waals surface area (Å²) in [5.74, 6) is 0.853. The number of hydrogen-bond acceptors (Lipinski definition) is 4. The van der Waals surface area contributed by atoms with Crippen LogP contribution in [0.5, 0.6) is 0 Å². The van der Waals surface area contributed by atoms with E-state index in [-0.39, 0.29) is 0 Å². The second kappa shape index (κ2) is 5.95. The van der Waals surface area contributed by atoms with Crippen LogP contribution in [0.3, 0.4) is 0 Å².